The summed E-state index contributed by atoms with van der Waals surface area (Å²) in [4.78, 5) is 51.5. The lowest BCUT2D eigenvalue weighted by Crippen LogP contribution is -2.19. The molecule has 1 heterocycles. The van der Waals surface area contributed by atoms with E-state index in [0.717, 1.165) is 93.1 Å². The molecule has 0 aliphatic carbocycles. The van der Waals surface area contributed by atoms with Gasteiger partial charge in [-0.05, 0) is 19.3 Å². The molecule has 1 rings (SSSR count). The molecule has 3 N–H and O–H groups in total. The van der Waals surface area contributed by atoms with Gasteiger partial charge in [0, 0.05) is 0 Å². The first-order chi connectivity index (χ1) is 33.7. The van der Waals surface area contributed by atoms with E-state index in [4.69, 9.17) is 0 Å². The maximum absolute atomic E-state index is 12.5. The Morgan fingerprint density at radius 2 is 0.435 bits per heavy atom. The predicted molar refractivity (Wildman–Crippen MR) is 296 cm³/mol. The molecule has 3 unspecified atom stereocenters. The van der Waals surface area contributed by atoms with Crippen LogP contribution in [-0.4, -0.2) is 63.9 Å². The third-order valence-electron chi connectivity index (χ3n) is 13.6. The van der Waals surface area contributed by atoms with Gasteiger partial charge < -0.3 is 15.3 Å². The number of hydrogen-bond donors (Lipinski definition) is 3. The summed E-state index contributed by atoms with van der Waals surface area (Å²) in [7, 11) is 0. The SMILES string of the molecule is CCCCCCCCCCCCCCCCC(Sc1nc(SC(CCCCCCCCCCCCCCCC)C(=O)O)nc(SC(CCCCCCCCCCCCCCCC)C(=O)O)n1)C(=O)O. The van der Waals surface area contributed by atoms with Gasteiger partial charge in [-0.2, -0.15) is 15.0 Å². The second-order valence-electron chi connectivity index (χ2n) is 20.2. The number of thioether (sulfide) groups is 3. The minimum Gasteiger partial charge on any atom is -0.480 e. The quantitative estimate of drug-likeness (QED) is 0.0421. The molecule has 9 nitrogen and oxygen atoms in total. The number of carbonyl (C=O) groups is 3. The van der Waals surface area contributed by atoms with Crippen molar-refractivity contribution in [1.82, 2.24) is 15.0 Å². The van der Waals surface area contributed by atoms with E-state index in [1.54, 1.807) is 0 Å². The maximum Gasteiger partial charge on any atom is 0.317 e. The Hall–Kier alpha value is -1.53. The molecule has 69 heavy (non-hydrogen) atoms. The van der Waals surface area contributed by atoms with Crippen LogP contribution < -0.4 is 0 Å². The van der Waals surface area contributed by atoms with Crippen LogP contribution in [0.1, 0.15) is 310 Å². The molecule has 0 spiro atoms. The minimum absolute atomic E-state index is 0.217. The van der Waals surface area contributed by atoms with E-state index in [0.29, 0.717) is 19.3 Å². The summed E-state index contributed by atoms with van der Waals surface area (Å²) < 4.78 is 0. The van der Waals surface area contributed by atoms with Crippen LogP contribution in [0.4, 0.5) is 0 Å². The van der Waals surface area contributed by atoms with Gasteiger partial charge >= 0.3 is 17.9 Å². The Labute approximate surface area is 436 Å². The summed E-state index contributed by atoms with van der Waals surface area (Å²) in [5, 5.41) is 29.2. The highest BCUT2D eigenvalue weighted by Gasteiger charge is 2.27. The highest BCUT2D eigenvalue weighted by molar-refractivity contribution is 8.01. The van der Waals surface area contributed by atoms with Crippen molar-refractivity contribution in [2.24, 2.45) is 0 Å². The number of aliphatic carboxylic acids is 3. The lowest BCUT2D eigenvalue weighted by Gasteiger charge is -2.15. The van der Waals surface area contributed by atoms with E-state index >= 15 is 0 Å². The van der Waals surface area contributed by atoms with Crippen LogP contribution in [0.5, 0.6) is 0 Å². The van der Waals surface area contributed by atoms with Crippen molar-refractivity contribution < 1.29 is 29.7 Å². The summed E-state index contributed by atoms with van der Waals surface area (Å²) in [6, 6.07) is 0. The van der Waals surface area contributed by atoms with Gasteiger partial charge in [0.25, 0.3) is 0 Å². The molecule has 0 radical (unpaired) electrons. The Kier molecular flexibility index (Phi) is 46.2. The zero-order valence-corrected chi connectivity index (χ0v) is 47.1. The second-order valence-corrected chi connectivity index (χ2v) is 23.7. The molecule has 12 heteroatoms. The number of carboxylic acid groups (broad SMARTS) is 3. The number of rotatable bonds is 54. The van der Waals surface area contributed by atoms with Crippen molar-refractivity contribution in [3.63, 3.8) is 0 Å². The third-order valence-corrected chi connectivity index (χ3v) is 16.9. The molecule has 0 aromatic carbocycles. The Balaban J connectivity index is 2.78. The van der Waals surface area contributed by atoms with Crippen molar-refractivity contribution in [3.05, 3.63) is 0 Å². The summed E-state index contributed by atoms with van der Waals surface area (Å²) in [5.74, 6) is -2.79. The molecule has 3 atom stereocenters. The van der Waals surface area contributed by atoms with E-state index in [1.807, 2.05) is 0 Å². The predicted octanol–water partition coefficient (Wildman–Crippen LogP) is 19.1. The van der Waals surface area contributed by atoms with Crippen LogP contribution in [0.3, 0.4) is 0 Å². The standard InChI is InChI=1S/C57H105N3O6S3/c1-4-7-10-13-16-19-22-25-28-31-34-37-40-43-46-49(52(61)62)67-55-58-56(68-50(53(63)64)47-44-41-38-35-32-29-26-23-20-17-14-11-8-5-2)60-57(59-55)69-51(54(65)66)48-45-42-39-36-33-30-27-24-21-18-15-12-9-6-3/h49-51H,4-48H2,1-3H3,(H,61,62)(H,63,64)(H,65,66). The summed E-state index contributed by atoms with van der Waals surface area (Å²) in [6.07, 6.45) is 53.1. The Bertz CT molecular complexity index is 1190. The molecule has 0 saturated carbocycles. The van der Waals surface area contributed by atoms with Crippen LogP contribution >= 0.6 is 35.3 Å². The minimum atomic E-state index is -0.930. The molecule has 0 saturated heterocycles. The smallest absolute Gasteiger partial charge is 0.317 e. The van der Waals surface area contributed by atoms with E-state index < -0.39 is 33.7 Å². The number of nitrogens with zero attached hydrogens (tertiary/aromatic N) is 3. The fourth-order valence-corrected chi connectivity index (χ4v) is 12.1. The highest BCUT2D eigenvalue weighted by Crippen LogP contribution is 2.33. The summed E-state index contributed by atoms with van der Waals surface area (Å²) >= 11 is 3.23. The summed E-state index contributed by atoms with van der Waals surface area (Å²) in [6.45, 7) is 6.78. The average Bonchev–Trinajstić information content (AvgIpc) is 3.32. The average molecular weight is 1020 g/mol. The second kappa shape index (κ2) is 48.7. The van der Waals surface area contributed by atoms with Gasteiger partial charge in [-0.3, -0.25) is 14.4 Å². The number of hydrogen-bond acceptors (Lipinski definition) is 9. The van der Waals surface area contributed by atoms with Crippen LogP contribution in [0, 0.1) is 0 Å². The first-order valence-corrected chi connectivity index (χ1v) is 31.8. The van der Waals surface area contributed by atoms with Gasteiger partial charge in [-0.15, -0.1) is 0 Å². The van der Waals surface area contributed by atoms with Gasteiger partial charge in [-0.1, -0.05) is 326 Å². The number of unbranched alkanes of at least 4 members (excludes halogenated alkanes) is 39. The first kappa shape index (κ1) is 65.5. The summed E-state index contributed by atoms with van der Waals surface area (Å²) in [5.41, 5.74) is 0. The zero-order chi connectivity index (χ0) is 50.3. The van der Waals surface area contributed by atoms with E-state index in [9.17, 15) is 29.7 Å². The molecule has 0 aliphatic heterocycles. The third kappa shape index (κ3) is 40.6. The molecule has 0 amide bonds. The van der Waals surface area contributed by atoms with Gasteiger partial charge in [0.15, 0.2) is 15.5 Å². The fourth-order valence-electron chi connectivity index (χ4n) is 9.13. The van der Waals surface area contributed by atoms with Crippen molar-refractivity contribution in [2.45, 2.75) is 341 Å². The topological polar surface area (TPSA) is 151 Å². The molecule has 1 aromatic heterocycles. The normalized spacial score (nSPS) is 12.9. The van der Waals surface area contributed by atoms with Crippen LogP contribution in [0.15, 0.2) is 15.5 Å². The van der Waals surface area contributed by atoms with Gasteiger partial charge in [0.2, 0.25) is 0 Å². The van der Waals surface area contributed by atoms with Gasteiger partial charge in [-0.25, -0.2) is 0 Å². The molecule has 0 bridgehead atoms. The number of carboxylic acids is 3. The molecular weight excluding hydrogens is 919 g/mol. The molecular formula is C57H105N3O6S3. The van der Waals surface area contributed by atoms with Crippen LogP contribution in [-0.2, 0) is 14.4 Å². The van der Waals surface area contributed by atoms with Gasteiger partial charge in [0.1, 0.15) is 15.7 Å². The zero-order valence-electron chi connectivity index (χ0n) is 44.7. The van der Waals surface area contributed by atoms with Crippen LogP contribution in [0.25, 0.3) is 0 Å². The van der Waals surface area contributed by atoms with E-state index in [-0.39, 0.29) is 15.5 Å². The number of aromatic nitrogens is 3. The highest BCUT2D eigenvalue weighted by atomic mass is 32.2. The Morgan fingerprint density at radius 3 is 0.580 bits per heavy atom. The lowest BCUT2D eigenvalue weighted by molar-refractivity contribution is -0.137. The first-order valence-electron chi connectivity index (χ1n) is 29.2. The molecule has 402 valence electrons. The molecule has 0 aliphatic rings. The van der Waals surface area contributed by atoms with Crippen molar-refractivity contribution in [1.29, 1.82) is 0 Å². The van der Waals surface area contributed by atoms with E-state index in [1.165, 1.54) is 212 Å². The van der Waals surface area contributed by atoms with E-state index in [2.05, 4.69) is 35.7 Å². The van der Waals surface area contributed by atoms with Crippen molar-refractivity contribution in [3.8, 4) is 0 Å². The van der Waals surface area contributed by atoms with Gasteiger partial charge in [0.05, 0.1) is 0 Å². The van der Waals surface area contributed by atoms with Crippen LogP contribution in [0.2, 0.25) is 0 Å². The largest absolute Gasteiger partial charge is 0.480 e. The monoisotopic (exact) mass is 1020 g/mol. The van der Waals surface area contributed by atoms with Crippen molar-refractivity contribution >= 4 is 53.2 Å². The van der Waals surface area contributed by atoms with Crippen molar-refractivity contribution in [2.75, 3.05) is 0 Å². The molecule has 1 aromatic rings. The maximum atomic E-state index is 12.5. The lowest BCUT2D eigenvalue weighted by atomic mass is 10.0. The fraction of sp³-hybridized carbons (Fsp3) is 0.895. The Morgan fingerprint density at radius 1 is 0.290 bits per heavy atom. The molecule has 0 fully saturated rings.